The molecule has 0 heterocycles. The maximum Gasteiger partial charge on any atom is 0.472 e. The molecule has 0 aliphatic carbocycles. The van der Waals surface area contributed by atoms with Gasteiger partial charge in [-0.25, -0.2) is 4.57 Å². The number of esters is 1. The molecule has 0 aliphatic rings. The molecule has 0 aromatic rings. The Balaban J connectivity index is 4.28. The van der Waals surface area contributed by atoms with Crippen molar-refractivity contribution in [1.29, 1.82) is 0 Å². The average Bonchev–Trinajstić information content (AvgIpc) is 3.18. The van der Waals surface area contributed by atoms with Gasteiger partial charge >= 0.3 is 19.8 Å². The molecule has 11 heteroatoms. The van der Waals surface area contributed by atoms with E-state index in [4.69, 9.17) is 29.4 Å². The molecule has 0 saturated heterocycles. The molecule has 56 heavy (non-hydrogen) atoms. The second-order valence-corrected chi connectivity index (χ2v) is 15.5. The van der Waals surface area contributed by atoms with Gasteiger partial charge in [0, 0.05) is 13.0 Å². The molecule has 10 nitrogen and oxygen atoms in total. The Morgan fingerprint density at radius 2 is 1.04 bits per heavy atom. The fourth-order valence-electron chi connectivity index (χ4n) is 5.37. The van der Waals surface area contributed by atoms with Crippen LogP contribution in [0.1, 0.15) is 162 Å². The van der Waals surface area contributed by atoms with Crippen LogP contribution in [0.5, 0.6) is 0 Å². The zero-order valence-electron chi connectivity index (χ0n) is 35.0. The van der Waals surface area contributed by atoms with Crippen molar-refractivity contribution in [1.82, 2.24) is 0 Å². The first-order valence-corrected chi connectivity index (χ1v) is 23.0. The summed E-state index contributed by atoms with van der Waals surface area (Å²) in [5.41, 5.74) is 5.35. The molecule has 0 aliphatic heterocycles. The van der Waals surface area contributed by atoms with Crippen molar-refractivity contribution in [2.24, 2.45) is 5.73 Å². The number of carbonyl (C=O) groups is 2. The van der Waals surface area contributed by atoms with Crippen LogP contribution in [0.2, 0.25) is 0 Å². The number of ether oxygens (including phenoxy) is 2. The van der Waals surface area contributed by atoms with Crippen molar-refractivity contribution in [3.63, 3.8) is 0 Å². The van der Waals surface area contributed by atoms with Crippen LogP contribution in [0.4, 0.5) is 0 Å². The van der Waals surface area contributed by atoms with Gasteiger partial charge in [0.1, 0.15) is 12.1 Å². The number of unbranched alkanes of at least 4 members (excludes halogenated alkanes) is 14. The summed E-state index contributed by atoms with van der Waals surface area (Å²) in [5, 5.41) is 8.89. The number of carboxylic acids is 1. The van der Waals surface area contributed by atoms with E-state index in [-0.39, 0.29) is 13.0 Å². The Labute approximate surface area is 340 Å². The summed E-state index contributed by atoms with van der Waals surface area (Å²) in [7, 11) is -4.63. The minimum Gasteiger partial charge on any atom is -0.480 e. The molecule has 0 radical (unpaired) electrons. The van der Waals surface area contributed by atoms with Crippen molar-refractivity contribution in [3.05, 3.63) is 72.9 Å². The van der Waals surface area contributed by atoms with Gasteiger partial charge in [-0.3, -0.25) is 18.6 Å². The van der Waals surface area contributed by atoms with E-state index in [0.717, 1.165) is 96.3 Å². The normalized spacial score (nSPS) is 14.6. The summed E-state index contributed by atoms with van der Waals surface area (Å²) >= 11 is 0. The number of aliphatic carboxylic acids is 1. The Kier molecular flexibility index (Phi) is 38.7. The monoisotopic (exact) mass is 808 g/mol. The molecule has 0 saturated carbocycles. The molecule has 0 spiro atoms. The van der Waals surface area contributed by atoms with E-state index in [1.54, 1.807) is 0 Å². The summed E-state index contributed by atoms with van der Waals surface area (Å²) in [4.78, 5) is 33.5. The lowest BCUT2D eigenvalue weighted by molar-refractivity contribution is -0.154. The molecular formula is C45H78NO9P. The summed E-state index contributed by atoms with van der Waals surface area (Å²) < 4.78 is 33.3. The fraction of sp³-hybridized carbons (Fsp3) is 0.689. The van der Waals surface area contributed by atoms with E-state index in [1.807, 2.05) is 0 Å². The molecule has 0 aromatic heterocycles. The highest BCUT2D eigenvalue weighted by Crippen LogP contribution is 2.43. The number of carboxylic acid groups (broad SMARTS) is 1. The first-order chi connectivity index (χ1) is 27.2. The Bertz CT molecular complexity index is 1160. The van der Waals surface area contributed by atoms with Gasteiger partial charge in [-0.05, 0) is 77.0 Å². The molecule has 3 atom stereocenters. The lowest BCUT2D eigenvalue weighted by Crippen LogP contribution is -2.34. The Morgan fingerprint density at radius 1 is 0.589 bits per heavy atom. The smallest absolute Gasteiger partial charge is 0.472 e. The van der Waals surface area contributed by atoms with Gasteiger partial charge in [0.2, 0.25) is 0 Å². The molecule has 0 amide bonds. The van der Waals surface area contributed by atoms with Crippen molar-refractivity contribution < 1.29 is 42.7 Å². The van der Waals surface area contributed by atoms with Gasteiger partial charge in [0.05, 0.1) is 19.8 Å². The van der Waals surface area contributed by atoms with Crippen LogP contribution in [-0.4, -0.2) is 60.5 Å². The second kappa shape index (κ2) is 40.6. The molecular weight excluding hydrogens is 729 g/mol. The topological polar surface area (TPSA) is 155 Å². The molecule has 3 unspecified atom stereocenters. The van der Waals surface area contributed by atoms with Gasteiger partial charge in [-0.1, -0.05) is 151 Å². The van der Waals surface area contributed by atoms with E-state index >= 15 is 0 Å². The Hall–Kier alpha value is -2.59. The molecule has 0 fully saturated rings. The first-order valence-electron chi connectivity index (χ1n) is 21.5. The van der Waals surface area contributed by atoms with E-state index in [9.17, 15) is 19.0 Å². The van der Waals surface area contributed by atoms with Gasteiger partial charge in [0.15, 0.2) is 0 Å². The first kappa shape index (κ1) is 53.4. The van der Waals surface area contributed by atoms with E-state index < -0.39 is 45.1 Å². The third kappa shape index (κ3) is 39.6. The number of phosphoric ester groups is 1. The fourth-order valence-corrected chi connectivity index (χ4v) is 6.15. The summed E-state index contributed by atoms with van der Waals surface area (Å²) in [6.45, 7) is 3.67. The molecule has 4 N–H and O–H groups in total. The quantitative estimate of drug-likeness (QED) is 0.0236. The lowest BCUT2D eigenvalue weighted by Gasteiger charge is -2.20. The van der Waals surface area contributed by atoms with Gasteiger partial charge < -0.3 is 25.2 Å². The zero-order valence-corrected chi connectivity index (χ0v) is 35.8. The molecule has 0 aromatic carbocycles. The van der Waals surface area contributed by atoms with Crippen LogP contribution in [0.3, 0.4) is 0 Å². The highest BCUT2D eigenvalue weighted by Gasteiger charge is 2.27. The number of hydrogen-bond donors (Lipinski definition) is 3. The van der Waals surface area contributed by atoms with E-state index in [2.05, 4.69) is 86.8 Å². The number of rotatable bonds is 40. The maximum atomic E-state index is 12.6. The average molecular weight is 808 g/mol. The highest BCUT2D eigenvalue weighted by atomic mass is 31.2. The Morgan fingerprint density at radius 3 is 1.55 bits per heavy atom. The SMILES string of the molecule is CC/C=C\C/C=C\C/C=C\C/C=C\CCCCCCCCCOCC(COP(=O)(O)OCC(N)C(=O)O)OC(=O)CCCCCCC/C=C\C/C=C\CCCC. The van der Waals surface area contributed by atoms with Crippen molar-refractivity contribution >= 4 is 19.8 Å². The van der Waals surface area contributed by atoms with Crippen molar-refractivity contribution in [2.45, 2.75) is 174 Å². The highest BCUT2D eigenvalue weighted by molar-refractivity contribution is 7.47. The molecule has 0 rings (SSSR count). The van der Waals surface area contributed by atoms with Crippen LogP contribution in [0.25, 0.3) is 0 Å². The van der Waals surface area contributed by atoms with Gasteiger partial charge in [0.25, 0.3) is 0 Å². The number of nitrogens with two attached hydrogens (primary N) is 1. The number of phosphoric acid groups is 1. The predicted molar refractivity (Wildman–Crippen MR) is 230 cm³/mol. The number of allylic oxidation sites excluding steroid dienone is 12. The van der Waals surface area contributed by atoms with E-state index in [1.165, 1.54) is 38.5 Å². The largest absolute Gasteiger partial charge is 0.480 e. The third-order valence-corrected chi connectivity index (χ3v) is 9.67. The summed E-state index contributed by atoms with van der Waals surface area (Å²) in [5.74, 6) is -1.80. The second-order valence-electron chi connectivity index (χ2n) is 14.1. The predicted octanol–water partition coefficient (Wildman–Crippen LogP) is 11.8. The van der Waals surface area contributed by atoms with E-state index in [0.29, 0.717) is 13.0 Å². The molecule has 0 bridgehead atoms. The van der Waals surface area contributed by atoms with Crippen LogP contribution < -0.4 is 5.73 Å². The van der Waals surface area contributed by atoms with Crippen molar-refractivity contribution in [3.8, 4) is 0 Å². The van der Waals surface area contributed by atoms with Crippen LogP contribution in [0, 0.1) is 0 Å². The van der Waals surface area contributed by atoms with Crippen LogP contribution in [-0.2, 0) is 32.7 Å². The number of carbonyl (C=O) groups excluding carboxylic acids is 1. The van der Waals surface area contributed by atoms with Crippen LogP contribution in [0.15, 0.2) is 72.9 Å². The van der Waals surface area contributed by atoms with Gasteiger partial charge in [-0.15, -0.1) is 0 Å². The third-order valence-electron chi connectivity index (χ3n) is 8.72. The summed E-state index contributed by atoms with van der Waals surface area (Å²) in [6.07, 6.45) is 49.5. The maximum absolute atomic E-state index is 12.6. The van der Waals surface area contributed by atoms with Crippen molar-refractivity contribution in [2.75, 3.05) is 26.4 Å². The number of hydrogen-bond acceptors (Lipinski definition) is 8. The minimum atomic E-state index is -4.63. The van der Waals surface area contributed by atoms with Crippen LogP contribution >= 0.6 is 7.82 Å². The lowest BCUT2D eigenvalue weighted by atomic mass is 10.1. The summed E-state index contributed by atoms with van der Waals surface area (Å²) in [6, 6.07) is -1.48. The molecule has 322 valence electrons. The van der Waals surface area contributed by atoms with Gasteiger partial charge in [-0.2, -0.15) is 0 Å². The minimum absolute atomic E-state index is 0.000271. The standard InChI is InChI=1S/C45H78NO9P/c1-3-5-7-9-11-13-15-17-19-20-21-22-23-24-26-28-30-32-34-36-38-52-39-42(40-53-56(50,51)54-41-43(46)45(48)49)55-44(47)37-35-33-31-29-27-25-18-16-14-12-10-8-6-4-2/h5,7,10-13,16-19,21-22,42-43H,3-4,6,8-9,14-15,20,23-41,46H2,1-2H3,(H,48,49)(H,50,51)/b7-5-,12-10-,13-11-,18-16-,19-17-,22-21-. The zero-order chi connectivity index (χ0) is 41.2.